The number of hydrogen-bond donors (Lipinski definition) is 0. The van der Waals surface area contributed by atoms with Gasteiger partial charge in [0.25, 0.3) is 0 Å². The molecule has 6 nitrogen and oxygen atoms in total. The van der Waals surface area contributed by atoms with Crippen molar-refractivity contribution in [2.24, 2.45) is 5.92 Å². The van der Waals surface area contributed by atoms with Crippen molar-refractivity contribution in [1.29, 1.82) is 0 Å². The molecule has 3 rings (SSSR count). The van der Waals surface area contributed by atoms with Crippen molar-refractivity contribution < 1.29 is 17.9 Å². The zero-order chi connectivity index (χ0) is 21.7. The zero-order valence-corrected chi connectivity index (χ0v) is 18.7. The van der Waals surface area contributed by atoms with Gasteiger partial charge in [-0.25, -0.2) is 8.42 Å². The van der Waals surface area contributed by atoms with Gasteiger partial charge in [0.2, 0.25) is 15.9 Å². The van der Waals surface area contributed by atoms with E-state index >= 15 is 0 Å². The van der Waals surface area contributed by atoms with Crippen LogP contribution in [-0.4, -0.2) is 44.9 Å². The molecule has 162 valence electrons. The van der Waals surface area contributed by atoms with E-state index in [4.69, 9.17) is 4.74 Å². The van der Waals surface area contributed by atoms with Crippen LogP contribution in [-0.2, 0) is 14.8 Å². The molecule has 0 bridgehead atoms. The molecule has 0 unspecified atom stereocenters. The van der Waals surface area contributed by atoms with Gasteiger partial charge in [-0.2, -0.15) is 4.31 Å². The molecule has 1 saturated heterocycles. The Balaban J connectivity index is 1.67. The first-order valence-electron chi connectivity index (χ1n) is 10.5. The first-order chi connectivity index (χ1) is 14.4. The molecule has 0 atom stereocenters. The maximum absolute atomic E-state index is 13.2. The molecule has 2 aromatic rings. The number of para-hydroxylation sites is 1. The molecule has 0 N–H and O–H groups in total. The standard InChI is InChI=1S/C23H30N2O4S/c1-4-25(22-9-7-6-8-18(22)3)23(26)19-14-16-24(17-15-19)30(27,28)21-12-10-20(11-13-21)29-5-2/h6-13,19H,4-5,14-17H2,1-3H3. The van der Waals surface area contributed by atoms with E-state index in [1.165, 1.54) is 4.31 Å². The van der Waals surface area contributed by atoms with Gasteiger partial charge in [0.05, 0.1) is 11.5 Å². The van der Waals surface area contributed by atoms with Gasteiger partial charge in [-0.05, 0) is 69.5 Å². The van der Waals surface area contributed by atoms with Crippen LogP contribution in [0.1, 0.15) is 32.3 Å². The van der Waals surface area contributed by atoms with Crippen LogP contribution in [0.2, 0.25) is 0 Å². The highest BCUT2D eigenvalue weighted by atomic mass is 32.2. The topological polar surface area (TPSA) is 66.9 Å². The predicted molar refractivity (Wildman–Crippen MR) is 118 cm³/mol. The number of ether oxygens (including phenoxy) is 1. The van der Waals surface area contributed by atoms with Crippen molar-refractivity contribution in [3.05, 3.63) is 54.1 Å². The number of carbonyl (C=O) groups is 1. The number of sulfonamides is 1. The lowest BCUT2D eigenvalue weighted by Gasteiger charge is -2.33. The summed E-state index contributed by atoms with van der Waals surface area (Å²) in [5.41, 5.74) is 1.98. The quantitative estimate of drug-likeness (QED) is 0.669. The summed E-state index contributed by atoms with van der Waals surface area (Å²) < 4.78 is 32.8. The highest BCUT2D eigenvalue weighted by molar-refractivity contribution is 7.89. The van der Waals surface area contributed by atoms with Gasteiger partial charge >= 0.3 is 0 Å². The average Bonchev–Trinajstić information content (AvgIpc) is 2.76. The first kappa shape index (κ1) is 22.3. The molecule has 1 fully saturated rings. The van der Waals surface area contributed by atoms with Crippen LogP contribution in [0.25, 0.3) is 0 Å². The number of benzene rings is 2. The Morgan fingerprint density at radius 1 is 1.07 bits per heavy atom. The molecule has 1 aliphatic rings. The van der Waals surface area contributed by atoms with Crippen LogP contribution in [0.5, 0.6) is 5.75 Å². The van der Waals surface area contributed by atoms with Crippen molar-refractivity contribution in [1.82, 2.24) is 4.31 Å². The van der Waals surface area contributed by atoms with E-state index in [1.807, 2.05) is 49.9 Å². The third kappa shape index (κ3) is 4.68. The average molecular weight is 431 g/mol. The molecule has 0 spiro atoms. The van der Waals surface area contributed by atoms with Gasteiger partial charge in [-0.3, -0.25) is 4.79 Å². The fourth-order valence-corrected chi connectivity index (χ4v) is 5.37. The Kier molecular flexibility index (Phi) is 7.15. The van der Waals surface area contributed by atoms with Crippen molar-refractivity contribution in [3.8, 4) is 5.75 Å². The van der Waals surface area contributed by atoms with Crippen LogP contribution in [0, 0.1) is 12.8 Å². The van der Waals surface area contributed by atoms with Gasteiger partial charge in [-0.15, -0.1) is 0 Å². The van der Waals surface area contributed by atoms with E-state index in [-0.39, 0.29) is 16.7 Å². The molecular formula is C23H30N2O4S. The number of hydrogen-bond acceptors (Lipinski definition) is 4. The number of piperidine rings is 1. The van der Waals surface area contributed by atoms with E-state index in [9.17, 15) is 13.2 Å². The highest BCUT2D eigenvalue weighted by Gasteiger charge is 2.34. The maximum atomic E-state index is 13.2. The highest BCUT2D eigenvalue weighted by Crippen LogP contribution is 2.28. The minimum atomic E-state index is -3.57. The van der Waals surface area contributed by atoms with Crippen LogP contribution >= 0.6 is 0 Å². The Bertz CT molecular complexity index is 965. The van der Waals surface area contributed by atoms with Crippen molar-refractivity contribution >= 4 is 21.6 Å². The molecule has 30 heavy (non-hydrogen) atoms. The Hall–Kier alpha value is -2.38. The summed E-state index contributed by atoms with van der Waals surface area (Å²) in [4.78, 5) is 15.2. The fourth-order valence-electron chi connectivity index (χ4n) is 3.90. The van der Waals surface area contributed by atoms with Gasteiger partial charge in [-0.1, -0.05) is 18.2 Å². The second kappa shape index (κ2) is 9.62. The summed E-state index contributed by atoms with van der Waals surface area (Å²) in [5.74, 6) is 0.554. The Labute approximate surface area is 179 Å². The van der Waals surface area contributed by atoms with E-state index in [0.29, 0.717) is 44.8 Å². The molecular weight excluding hydrogens is 400 g/mol. The molecule has 0 aromatic heterocycles. The van der Waals surface area contributed by atoms with Crippen molar-refractivity contribution in [3.63, 3.8) is 0 Å². The molecule has 1 heterocycles. The summed E-state index contributed by atoms with van der Waals surface area (Å²) in [6.07, 6.45) is 1.05. The van der Waals surface area contributed by atoms with Crippen LogP contribution in [0.3, 0.4) is 0 Å². The molecule has 2 aromatic carbocycles. The van der Waals surface area contributed by atoms with Gasteiger partial charge < -0.3 is 9.64 Å². The number of amides is 1. The van der Waals surface area contributed by atoms with Crippen LogP contribution < -0.4 is 9.64 Å². The lowest BCUT2D eigenvalue weighted by Crippen LogP contribution is -2.44. The number of nitrogens with zero attached hydrogens (tertiary/aromatic N) is 2. The molecule has 0 radical (unpaired) electrons. The van der Waals surface area contributed by atoms with Crippen LogP contribution in [0.15, 0.2) is 53.4 Å². The first-order valence-corrected chi connectivity index (χ1v) is 11.9. The minimum absolute atomic E-state index is 0.0740. The summed E-state index contributed by atoms with van der Waals surface area (Å²) in [6, 6.07) is 14.4. The number of aryl methyl sites for hydroxylation is 1. The summed E-state index contributed by atoms with van der Waals surface area (Å²) in [5, 5.41) is 0. The van der Waals surface area contributed by atoms with Crippen molar-refractivity contribution in [2.75, 3.05) is 31.1 Å². The Morgan fingerprint density at radius 3 is 2.27 bits per heavy atom. The predicted octanol–water partition coefficient (Wildman–Crippen LogP) is 3.85. The molecule has 1 aliphatic heterocycles. The Morgan fingerprint density at radius 2 is 1.70 bits per heavy atom. The van der Waals surface area contributed by atoms with E-state index in [0.717, 1.165) is 11.3 Å². The SMILES string of the molecule is CCOc1ccc(S(=O)(=O)N2CCC(C(=O)N(CC)c3ccccc3C)CC2)cc1. The second-order valence-corrected chi connectivity index (χ2v) is 9.39. The maximum Gasteiger partial charge on any atom is 0.243 e. The van der Waals surface area contributed by atoms with Gasteiger partial charge in [0, 0.05) is 31.2 Å². The summed E-state index contributed by atoms with van der Waals surface area (Å²) >= 11 is 0. The van der Waals surface area contributed by atoms with E-state index < -0.39 is 10.0 Å². The fraction of sp³-hybridized carbons (Fsp3) is 0.435. The number of rotatable bonds is 7. The number of anilines is 1. The minimum Gasteiger partial charge on any atom is -0.494 e. The molecule has 0 saturated carbocycles. The van der Waals surface area contributed by atoms with Crippen molar-refractivity contribution in [2.45, 2.75) is 38.5 Å². The second-order valence-electron chi connectivity index (χ2n) is 7.45. The third-order valence-electron chi connectivity index (χ3n) is 5.56. The zero-order valence-electron chi connectivity index (χ0n) is 17.9. The van der Waals surface area contributed by atoms with E-state index in [2.05, 4.69) is 0 Å². The number of carbonyl (C=O) groups excluding carboxylic acids is 1. The lowest BCUT2D eigenvalue weighted by molar-refractivity contribution is -0.123. The third-order valence-corrected chi connectivity index (χ3v) is 7.48. The molecule has 7 heteroatoms. The molecule has 1 amide bonds. The smallest absolute Gasteiger partial charge is 0.243 e. The van der Waals surface area contributed by atoms with Gasteiger partial charge in [0.1, 0.15) is 5.75 Å². The van der Waals surface area contributed by atoms with Gasteiger partial charge in [0.15, 0.2) is 0 Å². The largest absolute Gasteiger partial charge is 0.494 e. The monoisotopic (exact) mass is 430 g/mol. The summed E-state index contributed by atoms with van der Waals surface area (Å²) in [6.45, 7) is 7.66. The normalized spacial score (nSPS) is 15.7. The summed E-state index contributed by atoms with van der Waals surface area (Å²) in [7, 11) is -3.57. The lowest BCUT2D eigenvalue weighted by atomic mass is 9.96. The van der Waals surface area contributed by atoms with Crippen LogP contribution in [0.4, 0.5) is 5.69 Å². The van der Waals surface area contributed by atoms with E-state index in [1.54, 1.807) is 24.3 Å². The molecule has 0 aliphatic carbocycles.